The van der Waals surface area contributed by atoms with E-state index in [1.807, 2.05) is 0 Å². The molecule has 1 aromatic heterocycles. The van der Waals surface area contributed by atoms with Gasteiger partial charge in [-0.1, -0.05) is 34.1 Å². The number of rotatable bonds is 3. The molecule has 3 N–H and O–H groups in total. The van der Waals surface area contributed by atoms with Gasteiger partial charge in [-0.15, -0.1) is 0 Å². The van der Waals surface area contributed by atoms with Gasteiger partial charge in [0.2, 0.25) is 0 Å². The predicted molar refractivity (Wildman–Crippen MR) is 59.9 cm³/mol. The third-order valence-corrected chi connectivity index (χ3v) is 2.97. The number of aromatic nitrogens is 2. The highest BCUT2D eigenvalue weighted by Crippen LogP contribution is 2.32. The summed E-state index contributed by atoms with van der Waals surface area (Å²) in [6.45, 7) is 8.62. The van der Waals surface area contributed by atoms with Gasteiger partial charge >= 0.3 is 0 Å². The number of nitrogens with two attached hydrogens (primary N) is 1. The van der Waals surface area contributed by atoms with Crippen LogP contribution >= 0.6 is 0 Å². The highest BCUT2D eigenvalue weighted by Gasteiger charge is 2.25. The topological polar surface area (TPSA) is 54.7 Å². The van der Waals surface area contributed by atoms with Gasteiger partial charge in [-0.25, -0.2) is 4.39 Å². The number of aromatic amines is 1. The van der Waals surface area contributed by atoms with Crippen LogP contribution in [0.25, 0.3) is 0 Å². The zero-order valence-corrected chi connectivity index (χ0v) is 9.89. The Hall–Kier alpha value is -1.06. The summed E-state index contributed by atoms with van der Waals surface area (Å²) < 4.78 is 13.4. The minimum atomic E-state index is -0.391. The minimum absolute atomic E-state index is 0.0336. The summed E-state index contributed by atoms with van der Waals surface area (Å²) in [5.41, 5.74) is 6.04. The summed E-state index contributed by atoms with van der Waals surface area (Å²) in [4.78, 5) is 0. The van der Waals surface area contributed by atoms with Crippen LogP contribution in [-0.2, 0) is 6.42 Å². The Balaban J connectivity index is 2.80. The van der Waals surface area contributed by atoms with Gasteiger partial charge in [0.25, 0.3) is 0 Å². The summed E-state index contributed by atoms with van der Waals surface area (Å²) in [5, 5.41) is 6.32. The largest absolute Gasteiger partial charge is 0.380 e. The highest BCUT2D eigenvalue weighted by molar-refractivity contribution is 5.31. The first-order valence-electron chi connectivity index (χ1n) is 5.34. The molecular formula is C11H20FN3. The van der Waals surface area contributed by atoms with Crippen LogP contribution in [0.1, 0.15) is 39.8 Å². The Labute approximate surface area is 90.3 Å². The van der Waals surface area contributed by atoms with Crippen molar-refractivity contribution in [1.82, 2.24) is 10.2 Å². The van der Waals surface area contributed by atoms with E-state index in [-0.39, 0.29) is 11.2 Å². The number of nitrogens with one attached hydrogen (secondary N) is 1. The summed E-state index contributed by atoms with van der Waals surface area (Å²) in [6.07, 6.45) is 1.68. The minimum Gasteiger partial charge on any atom is -0.380 e. The average Bonchev–Trinajstić information content (AvgIpc) is 2.43. The molecule has 0 amide bonds. The molecule has 15 heavy (non-hydrogen) atoms. The van der Waals surface area contributed by atoms with Crippen molar-refractivity contribution in [3.05, 3.63) is 11.5 Å². The standard InChI is InChI=1S/C11H20FN3/c1-5-7(11(2,3)4)6-8-9(12)10(13)15-14-8/h7H,5-6H2,1-4H3,(H3,13,14,15). The van der Waals surface area contributed by atoms with Crippen molar-refractivity contribution in [3.63, 3.8) is 0 Å². The van der Waals surface area contributed by atoms with Crippen LogP contribution in [0.4, 0.5) is 10.2 Å². The van der Waals surface area contributed by atoms with E-state index in [9.17, 15) is 4.39 Å². The van der Waals surface area contributed by atoms with Crippen molar-refractivity contribution in [2.75, 3.05) is 5.73 Å². The van der Waals surface area contributed by atoms with E-state index < -0.39 is 5.82 Å². The Bertz CT molecular complexity index is 325. The first-order valence-corrected chi connectivity index (χ1v) is 5.34. The third kappa shape index (κ3) is 2.70. The smallest absolute Gasteiger partial charge is 0.187 e. The lowest BCUT2D eigenvalue weighted by Crippen LogP contribution is -2.22. The lowest BCUT2D eigenvalue weighted by Gasteiger charge is -2.29. The summed E-state index contributed by atoms with van der Waals surface area (Å²) in [7, 11) is 0. The van der Waals surface area contributed by atoms with Crippen molar-refractivity contribution in [2.45, 2.75) is 40.5 Å². The number of halogens is 1. The third-order valence-electron chi connectivity index (χ3n) is 2.97. The normalized spacial score (nSPS) is 14.2. The van der Waals surface area contributed by atoms with Crippen LogP contribution in [0.3, 0.4) is 0 Å². The van der Waals surface area contributed by atoms with E-state index in [0.717, 1.165) is 6.42 Å². The number of anilines is 1. The molecule has 1 heterocycles. The lowest BCUT2D eigenvalue weighted by molar-refractivity contribution is 0.228. The van der Waals surface area contributed by atoms with Gasteiger partial charge in [0, 0.05) is 0 Å². The first-order chi connectivity index (χ1) is 6.86. The quantitative estimate of drug-likeness (QED) is 0.811. The van der Waals surface area contributed by atoms with Gasteiger partial charge in [-0.3, -0.25) is 5.10 Å². The van der Waals surface area contributed by atoms with Gasteiger partial charge in [0.15, 0.2) is 11.6 Å². The molecule has 0 saturated carbocycles. The molecule has 4 heteroatoms. The highest BCUT2D eigenvalue weighted by atomic mass is 19.1. The van der Waals surface area contributed by atoms with Gasteiger partial charge in [-0.2, -0.15) is 5.10 Å². The summed E-state index contributed by atoms with van der Waals surface area (Å²) in [5.74, 6) is -0.00156. The molecule has 0 aromatic carbocycles. The van der Waals surface area contributed by atoms with Crippen molar-refractivity contribution < 1.29 is 4.39 Å². The summed E-state index contributed by atoms with van der Waals surface area (Å²) in [6, 6.07) is 0. The predicted octanol–water partition coefficient (Wildman–Crippen LogP) is 2.75. The molecule has 0 spiro atoms. The molecule has 1 rings (SSSR count). The molecule has 0 aliphatic heterocycles. The molecular weight excluding hydrogens is 193 g/mol. The van der Waals surface area contributed by atoms with Crippen molar-refractivity contribution in [3.8, 4) is 0 Å². The maximum Gasteiger partial charge on any atom is 0.187 e. The molecule has 1 unspecified atom stereocenters. The summed E-state index contributed by atoms with van der Waals surface area (Å²) >= 11 is 0. The van der Waals surface area contributed by atoms with Crippen molar-refractivity contribution >= 4 is 5.82 Å². The van der Waals surface area contributed by atoms with Crippen LogP contribution in [0.2, 0.25) is 0 Å². The Morgan fingerprint density at radius 2 is 2.07 bits per heavy atom. The second kappa shape index (κ2) is 4.21. The molecule has 0 aliphatic rings. The van der Waals surface area contributed by atoms with Gasteiger partial charge in [0.1, 0.15) is 0 Å². The van der Waals surface area contributed by atoms with E-state index in [2.05, 4.69) is 37.9 Å². The molecule has 86 valence electrons. The molecule has 0 bridgehead atoms. The molecule has 0 fully saturated rings. The second-order valence-electron chi connectivity index (χ2n) is 5.08. The van der Waals surface area contributed by atoms with Crippen molar-refractivity contribution in [2.24, 2.45) is 11.3 Å². The number of nitrogen functional groups attached to an aromatic ring is 1. The monoisotopic (exact) mass is 213 g/mol. The van der Waals surface area contributed by atoms with Crippen LogP contribution in [0.15, 0.2) is 0 Å². The second-order valence-corrected chi connectivity index (χ2v) is 5.08. The average molecular weight is 213 g/mol. The number of nitrogens with zero attached hydrogens (tertiary/aromatic N) is 1. The Morgan fingerprint density at radius 1 is 1.47 bits per heavy atom. The van der Waals surface area contributed by atoms with E-state index >= 15 is 0 Å². The molecule has 0 aliphatic carbocycles. The molecule has 0 saturated heterocycles. The Kier molecular flexibility index (Phi) is 3.37. The van der Waals surface area contributed by atoms with Gasteiger partial charge < -0.3 is 5.73 Å². The van der Waals surface area contributed by atoms with E-state index in [1.165, 1.54) is 0 Å². The van der Waals surface area contributed by atoms with E-state index in [1.54, 1.807) is 0 Å². The van der Waals surface area contributed by atoms with Gasteiger partial charge in [-0.05, 0) is 17.8 Å². The van der Waals surface area contributed by atoms with E-state index in [4.69, 9.17) is 5.73 Å². The molecule has 1 aromatic rings. The fourth-order valence-corrected chi connectivity index (χ4v) is 1.83. The van der Waals surface area contributed by atoms with Crippen LogP contribution in [-0.4, -0.2) is 10.2 Å². The lowest BCUT2D eigenvalue weighted by atomic mass is 9.76. The van der Waals surface area contributed by atoms with Gasteiger partial charge in [0.05, 0.1) is 5.69 Å². The zero-order chi connectivity index (χ0) is 11.6. The number of hydrogen-bond acceptors (Lipinski definition) is 2. The first kappa shape index (κ1) is 12.0. The van der Waals surface area contributed by atoms with Crippen LogP contribution in [0, 0.1) is 17.2 Å². The van der Waals surface area contributed by atoms with Crippen LogP contribution in [0.5, 0.6) is 0 Å². The number of hydrogen-bond donors (Lipinski definition) is 2. The fraction of sp³-hybridized carbons (Fsp3) is 0.727. The number of H-pyrrole nitrogens is 1. The maximum absolute atomic E-state index is 13.4. The van der Waals surface area contributed by atoms with E-state index in [0.29, 0.717) is 18.0 Å². The maximum atomic E-state index is 13.4. The molecule has 0 radical (unpaired) electrons. The zero-order valence-electron chi connectivity index (χ0n) is 9.89. The molecule has 3 nitrogen and oxygen atoms in total. The SMILES string of the molecule is CCC(Cc1[nH]nc(N)c1F)C(C)(C)C. The fourth-order valence-electron chi connectivity index (χ4n) is 1.83. The Morgan fingerprint density at radius 3 is 2.40 bits per heavy atom. The van der Waals surface area contributed by atoms with Crippen LogP contribution < -0.4 is 5.73 Å². The van der Waals surface area contributed by atoms with Crippen molar-refractivity contribution in [1.29, 1.82) is 0 Å². The molecule has 1 atom stereocenters.